The van der Waals surface area contributed by atoms with Gasteiger partial charge >= 0.3 is 0 Å². The fourth-order valence-electron chi connectivity index (χ4n) is 2.24. The molecule has 0 bridgehead atoms. The summed E-state index contributed by atoms with van der Waals surface area (Å²) in [5.41, 5.74) is 0. The van der Waals surface area contributed by atoms with E-state index >= 15 is 0 Å². The quantitative estimate of drug-likeness (QED) is 0.850. The van der Waals surface area contributed by atoms with Crippen molar-refractivity contribution in [3.63, 3.8) is 0 Å². The van der Waals surface area contributed by atoms with Gasteiger partial charge in [0.15, 0.2) is 0 Å². The third kappa shape index (κ3) is 3.30. The first-order valence-electron chi connectivity index (χ1n) is 5.74. The van der Waals surface area contributed by atoms with Gasteiger partial charge in [0.1, 0.15) is 0 Å². The predicted molar refractivity (Wildman–Crippen MR) is 64.0 cm³/mol. The highest BCUT2D eigenvalue weighted by atomic mass is 32.1. The number of rotatable bonds is 4. The fraction of sp³-hybridized carbons (Fsp3) is 0.667. The van der Waals surface area contributed by atoms with E-state index in [9.17, 15) is 0 Å². The summed E-state index contributed by atoms with van der Waals surface area (Å²) in [6.45, 7) is 3.87. The maximum Gasteiger partial charge on any atom is 0.0433 e. The van der Waals surface area contributed by atoms with E-state index in [1.54, 1.807) is 0 Å². The Morgan fingerprint density at radius 2 is 2.20 bits per heavy atom. The minimum atomic E-state index is 0.357. The summed E-state index contributed by atoms with van der Waals surface area (Å²) >= 11 is 1.85. The molecule has 0 aromatic carbocycles. The van der Waals surface area contributed by atoms with Crippen molar-refractivity contribution >= 4 is 11.3 Å². The van der Waals surface area contributed by atoms with Crippen LogP contribution >= 0.6 is 11.3 Å². The molecular weight excluding hydrogens is 206 g/mol. The molecule has 1 aromatic rings. The molecule has 1 saturated heterocycles. The Labute approximate surface area is 95.5 Å². The molecule has 15 heavy (non-hydrogen) atoms. The zero-order valence-corrected chi connectivity index (χ0v) is 9.88. The van der Waals surface area contributed by atoms with E-state index in [2.05, 4.69) is 22.4 Å². The van der Waals surface area contributed by atoms with Crippen LogP contribution in [0.1, 0.15) is 24.1 Å². The van der Waals surface area contributed by atoms with Crippen molar-refractivity contribution in [1.82, 2.24) is 4.90 Å². The maximum atomic E-state index is 8.88. The average molecular weight is 225 g/mol. The molecule has 1 aliphatic heterocycles. The fourth-order valence-corrected chi connectivity index (χ4v) is 2.98. The Balaban J connectivity index is 1.74. The normalized spacial score (nSPS) is 19.5. The SMILES string of the molecule is OCCC1CCN(Cc2cccs2)CC1. The van der Waals surface area contributed by atoms with Crippen LogP contribution in [0.2, 0.25) is 0 Å². The van der Waals surface area contributed by atoms with Gasteiger partial charge in [-0.1, -0.05) is 6.07 Å². The molecule has 2 nitrogen and oxygen atoms in total. The number of nitrogens with zero attached hydrogens (tertiary/aromatic N) is 1. The second-order valence-corrected chi connectivity index (χ2v) is 5.34. The molecule has 2 heterocycles. The van der Waals surface area contributed by atoms with E-state index in [-0.39, 0.29) is 0 Å². The standard InChI is InChI=1S/C12H19NOS/c14-8-5-11-3-6-13(7-4-11)10-12-2-1-9-15-12/h1-2,9,11,14H,3-8,10H2. The molecule has 0 atom stereocenters. The van der Waals surface area contributed by atoms with E-state index < -0.39 is 0 Å². The van der Waals surface area contributed by atoms with Crippen molar-refractivity contribution in [2.45, 2.75) is 25.8 Å². The zero-order chi connectivity index (χ0) is 10.5. The summed E-state index contributed by atoms with van der Waals surface area (Å²) in [5, 5.41) is 11.0. The number of piperidine rings is 1. The van der Waals surface area contributed by atoms with Crippen LogP contribution in [-0.2, 0) is 6.54 Å². The lowest BCUT2D eigenvalue weighted by Gasteiger charge is -2.31. The lowest BCUT2D eigenvalue weighted by Crippen LogP contribution is -2.33. The van der Waals surface area contributed by atoms with Crippen LogP contribution in [-0.4, -0.2) is 29.7 Å². The average Bonchev–Trinajstić information content (AvgIpc) is 2.74. The zero-order valence-electron chi connectivity index (χ0n) is 9.06. The second-order valence-electron chi connectivity index (χ2n) is 4.31. The number of aliphatic hydroxyl groups is 1. The Morgan fingerprint density at radius 1 is 1.40 bits per heavy atom. The summed E-state index contributed by atoms with van der Waals surface area (Å²) in [7, 11) is 0. The first-order chi connectivity index (χ1) is 7.38. The summed E-state index contributed by atoms with van der Waals surface area (Å²) in [6.07, 6.45) is 3.50. The van der Waals surface area contributed by atoms with Crippen molar-refractivity contribution < 1.29 is 5.11 Å². The maximum absolute atomic E-state index is 8.88. The first kappa shape index (κ1) is 11.1. The van der Waals surface area contributed by atoms with Crippen LogP contribution in [0, 0.1) is 5.92 Å². The Bertz CT molecular complexity index is 265. The molecular formula is C12H19NOS. The largest absolute Gasteiger partial charge is 0.396 e. The van der Waals surface area contributed by atoms with E-state index in [4.69, 9.17) is 5.11 Å². The van der Waals surface area contributed by atoms with Gasteiger partial charge in [0, 0.05) is 18.0 Å². The Kier molecular flexibility index (Phi) is 4.18. The van der Waals surface area contributed by atoms with Gasteiger partial charge in [0.2, 0.25) is 0 Å². The molecule has 1 aromatic heterocycles. The minimum absolute atomic E-state index is 0.357. The van der Waals surface area contributed by atoms with Gasteiger partial charge in [0.25, 0.3) is 0 Å². The van der Waals surface area contributed by atoms with Gasteiger partial charge in [0.05, 0.1) is 0 Å². The van der Waals surface area contributed by atoms with Crippen LogP contribution < -0.4 is 0 Å². The molecule has 0 aliphatic carbocycles. The molecule has 0 radical (unpaired) electrons. The van der Waals surface area contributed by atoms with Crippen LogP contribution in [0.15, 0.2) is 17.5 Å². The highest BCUT2D eigenvalue weighted by Gasteiger charge is 2.18. The van der Waals surface area contributed by atoms with E-state index in [1.807, 2.05) is 11.3 Å². The van der Waals surface area contributed by atoms with Gasteiger partial charge in [-0.2, -0.15) is 0 Å². The summed E-state index contributed by atoms with van der Waals surface area (Å²) < 4.78 is 0. The van der Waals surface area contributed by atoms with Crippen molar-refractivity contribution in [2.24, 2.45) is 5.92 Å². The molecule has 1 N–H and O–H groups in total. The van der Waals surface area contributed by atoms with Gasteiger partial charge in [-0.15, -0.1) is 11.3 Å². The van der Waals surface area contributed by atoms with E-state index in [1.165, 1.54) is 30.8 Å². The molecule has 0 unspecified atom stereocenters. The number of hydrogen-bond donors (Lipinski definition) is 1. The number of aliphatic hydroxyl groups excluding tert-OH is 1. The lowest BCUT2D eigenvalue weighted by molar-refractivity contribution is 0.154. The smallest absolute Gasteiger partial charge is 0.0433 e. The third-order valence-electron chi connectivity index (χ3n) is 3.20. The topological polar surface area (TPSA) is 23.5 Å². The number of hydrogen-bond acceptors (Lipinski definition) is 3. The molecule has 1 fully saturated rings. The monoisotopic (exact) mass is 225 g/mol. The van der Waals surface area contributed by atoms with Crippen molar-refractivity contribution in [3.05, 3.63) is 22.4 Å². The molecule has 1 aliphatic rings. The first-order valence-corrected chi connectivity index (χ1v) is 6.62. The van der Waals surface area contributed by atoms with E-state index in [0.717, 1.165) is 18.9 Å². The summed E-state index contributed by atoms with van der Waals surface area (Å²) in [6, 6.07) is 4.34. The molecule has 0 amide bonds. The molecule has 3 heteroatoms. The number of thiophene rings is 1. The second kappa shape index (κ2) is 5.64. The number of likely N-dealkylation sites (tertiary alicyclic amines) is 1. The van der Waals surface area contributed by atoms with Crippen molar-refractivity contribution in [1.29, 1.82) is 0 Å². The van der Waals surface area contributed by atoms with Gasteiger partial charge in [-0.25, -0.2) is 0 Å². The Hall–Kier alpha value is -0.380. The lowest BCUT2D eigenvalue weighted by atomic mass is 9.94. The predicted octanol–water partition coefficient (Wildman–Crippen LogP) is 2.34. The van der Waals surface area contributed by atoms with Crippen LogP contribution in [0.4, 0.5) is 0 Å². The van der Waals surface area contributed by atoms with E-state index in [0.29, 0.717) is 6.61 Å². The summed E-state index contributed by atoms with van der Waals surface area (Å²) in [4.78, 5) is 4.00. The third-order valence-corrected chi connectivity index (χ3v) is 4.07. The summed E-state index contributed by atoms with van der Waals surface area (Å²) in [5.74, 6) is 0.759. The van der Waals surface area contributed by atoms with Crippen LogP contribution in [0.3, 0.4) is 0 Å². The van der Waals surface area contributed by atoms with Gasteiger partial charge < -0.3 is 5.11 Å². The van der Waals surface area contributed by atoms with Crippen LogP contribution in [0.25, 0.3) is 0 Å². The molecule has 0 saturated carbocycles. The molecule has 84 valence electrons. The minimum Gasteiger partial charge on any atom is -0.396 e. The van der Waals surface area contributed by atoms with Crippen LogP contribution in [0.5, 0.6) is 0 Å². The Morgan fingerprint density at radius 3 is 2.80 bits per heavy atom. The van der Waals surface area contributed by atoms with Gasteiger partial charge in [-0.05, 0) is 49.7 Å². The van der Waals surface area contributed by atoms with Crippen molar-refractivity contribution in [3.8, 4) is 0 Å². The highest BCUT2D eigenvalue weighted by molar-refractivity contribution is 7.09. The molecule has 0 spiro atoms. The molecule has 2 rings (SSSR count). The highest BCUT2D eigenvalue weighted by Crippen LogP contribution is 2.22. The van der Waals surface area contributed by atoms with Gasteiger partial charge in [-0.3, -0.25) is 4.90 Å². The van der Waals surface area contributed by atoms with Crippen molar-refractivity contribution in [2.75, 3.05) is 19.7 Å².